The normalized spacial score (nSPS) is 17.6. The van der Waals surface area contributed by atoms with Gasteiger partial charge in [-0.15, -0.1) is 0 Å². The summed E-state index contributed by atoms with van der Waals surface area (Å²) in [6, 6.07) is 0. The standard InChI is InChI=1S/C19H40N/c1-4-5-6-7-8-9-10-14-17-20(2,3)18-19-15-12-11-13-16-19/h19H,4-18H2,1-3H3/q+1. The van der Waals surface area contributed by atoms with Crippen molar-refractivity contribution in [2.75, 3.05) is 27.2 Å². The van der Waals surface area contributed by atoms with Crippen LogP contribution in [0.2, 0.25) is 0 Å². The molecule has 1 saturated carbocycles. The van der Waals surface area contributed by atoms with E-state index in [1.165, 1.54) is 101 Å². The summed E-state index contributed by atoms with van der Waals surface area (Å²) in [5, 5.41) is 0. The molecule has 0 N–H and O–H groups in total. The van der Waals surface area contributed by atoms with Gasteiger partial charge < -0.3 is 4.48 Å². The predicted molar refractivity (Wildman–Crippen MR) is 91.0 cm³/mol. The molecule has 1 rings (SSSR count). The highest BCUT2D eigenvalue weighted by Crippen LogP contribution is 2.25. The summed E-state index contributed by atoms with van der Waals surface area (Å²) in [6.07, 6.45) is 19.0. The fourth-order valence-corrected chi connectivity index (χ4v) is 3.83. The van der Waals surface area contributed by atoms with Crippen molar-refractivity contribution in [1.82, 2.24) is 0 Å². The summed E-state index contributed by atoms with van der Waals surface area (Å²) in [7, 11) is 4.91. The van der Waals surface area contributed by atoms with Crippen LogP contribution in [0.1, 0.15) is 90.4 Å². The lowest BCUT2D eigenvalue weighted by Gasteiger charge is -2.35. The third-order valence-corrected chi connectivity index (χ3v) is 5.09. The summed E-state index contributed by atoms with van der Waals surface area (Å²) in [4.78, 5) is 0. The predicted octanol–water partition coefficient (Wildman–Crippen LogP) is 5.78. The van der Waals surface area contributed by atoms with Gasteiger partial charge in [0.2, 0.25) is 0 Å². The molecule has 0 aliphatic heterocycles. The maximum atomic E-state index is 2.45. The Balaban J connectivity index is 1.98. The van der Waals surface area contributed by atoms with Gasteiger partial charge in [0, 0.05) is 5.92 Å². The molecule has 20 heavy (non-hydrogen) atoms. The lowest BCUT2D eigenvalue weighted by molar-refractivity contribution is -0.894. The molecule has 0 saturated heterocycles. The first-order valence-corrected chi connectivity index (χ1v) is 9.46. The number of hydrogen-bond acceptors (Lipinski definition) is 0. The van der Waals surface area contributed by atoms with Gasteiger partial charge in [-0.1, -0.05) is 64.7 Å². The summed E-state index contributed by atoms with van der Waals surface area (Å²) in [5.74, 6) is 1.02. The Morgan fingerprint density at radius 2 is 1.30 bits per heavy atom. The molecule has 1 nitrogen and oxygen atoms in total. The highest BCUT2D eigenvalue weighted by molar-refractivity contribution is 4.65. The Labute approximate surface area is 128 Å². The van der Waals surface area contributed by atoms with E-state index in [2.05, 4.69) is 21.0 Å². The van der Waals surface area contributed by atoms with Crippen LogP contribution >= 0.6 is 0 Å². The largest absolute Gasteiger partial charge is 0.328 e. The van der Waals surface area contributed by atoms with Gasteiger partial charge >= 0.3 is 0 Å². The first kappa shape index (κ1) is 18.0. The zero-order valence-electron chi connectivity index (χ0n) is 14.6. The van der Waals surface area contributed by atoms with Gasteiger partial charge in [0.1, 0.15) is 0 Å². The van der Waals surface area contributed by atoms with Crippen molar-refractivity contribution in [3.8, 4) is 0 Å². The molecule has 1 heteroatoms. The van der Waals surface area contributed by atoms with Crippen molar-refractivity contribution < 1.29 is 4.48 Å². The average molecular weight is 283 g/mol. The second-order valence-corrected chi connectivity index (χ2v) is 7.82. The Bertz CT molecular complexity index is 216. The fraction of sp³-hybridized carbons (Fsp3) is 1.00. The number of unbranched alkanes of at least 4 members (excludes halogenated alkanes) is 7. The van der Waals surface area contributed by atoms with E-state index in [1.807, 2.05) is 0 Å². The third kappa shape index (κ3) is 9.00. The molecule has 0 heterocycles. The number of hydrogen-bond donors (Lipinski definition) is 0. The number of nitrogens with zero attached hydrogens (tertiary/aromatic N) is 1. The second kappa shape index (κ2) is 10.7. The van der Waals surface area contributed by atoms with E-state index in [1.54, 1.807) is 0 Å². The maximum Gasteiger partial charge on any atom is 0.0811 e. The zero-order chi connectivity index (χ0) is 14.7. The summed E-state index contributed by atoms with van der Waals surface area (Å²) in [5.41, 5.74) is 0. The molecule has 0 spiro atoms. The lowest BCUT2D eigenvalue weighted by atomic mass is 9.88. The molecule has 0 unspecified atom stereocenters. The SMILES string of the molecule is CCCCCCCCCC[N+](C)(C)CC1CCCCC1. The topological polar surface area (TPSA) is 0 Å². The molecule has 0 radical (unpaired) electrons. The van der Waals surface area contributed by atoms with Gasteiger partial charge in [0.25, 0.3) is 0 Å². The monoisotopic (exact) mass is 282 g/mol. The average Bonchev–Trinajstić information content (AvgIpc) is 2.42. The first-order valence-electron chi connectivity index (χ1n) is 9.46. The van der Waals surface area contributed by atoms with Crippen LogP contribution in [0.5, 0.6) is 0 Å². The minimum Gasteiger partial charge on any atom is -0.328 e. The maximum absolute atomic E-state index is 2.45. The molecule has 0 aromatic carbocycles. The Morgan fingerprint density at radius 3 is 1.90 bits per heavy atom. The molecule has 0 aromatic rings. The van der Waals surface area contributed by atoms with E-state index in [-0.39, 0.29) is 0 Å². The molecule has 120 valence electrons. The molecule has 1 fully saturated rings. The Kier molecular flexibility index (Phi) is 9.59. The van der Waals surface area contributed by atoms with Gasteiger partial charge in [-0.2, -0.15) is 0 Å². The highest BCUT2D eigenvalue weighted by Gasteiger charge is 2.23. The molecule has 0 atom stereocenters. The molecule has 1 aliphatic rings. The molecular formula is C19H40N+. The molecule has 0 bridgehead atoms. The lowest BCUT2D eigenvalue weighted by Crippen LogP contribution is -2.44. The molecular weight excluding hydrogens is 242 g/mol. The van der Waals surface area contributed by atoms with Crippen LogP contribution in [-0.4, -0.2) is 31.7 Å². The van der Waals surface area contributed by atoms with Crippen molar-refractivity contribution in [2.45, 2.75) is 90.4 Å². The quantitative estimate of drug-likeness (QED) is 0.333. The summed E-state index contributed by atoms with van der Waals surface area (Å²) >= 11 is 0. The minimum absolute atomic E-state index is 1.02. The highest BCUT2D eigenvalue weighted by atomic mass is 15.3. The van der Waals surface area contributed by atoms with Crippen LogP contribution in [-0.2, 0) is 0 Å². The van der Waals surface area contributed by atoms with Crippen molar-refractivity contribution in [3.05, 3.63) is 0 Å². The molecule has 0 amide bonds. The van der Waals surface area contributed by atoms with Crippen LogP contribution in [0, 0.1) is 5.92 Å². The van der Waals surface area contributed by atoms with Gasteiger partial charge in [0.05, 0.1) is 27.2 Å². The Morgan fingerprint density at radius 1 is 0.750 bits per heavy atom. The summed E-state index contributed by atoms with van der Waals surface area (Å²) in [6.45, 7) is 5.12. The van der Waals surface area contributed by atoms with Gasteiger partial charge in [-0.05, 0) is 25.7 Å². The van der Waals surface area contributed by atoms with Gasteiger partial charge in [0.15, 0.2) is 0 Å². The van der Waals surface area contributed by atoms with Crippen molar-refractivity contribution in [3.63, 3.8) is 0 Å². The second-order valence-electron chi connectivity index (χ2n) is 7.82. The zero-order valence-corrected chi connectivity index (χ0v) is 14.6. The first-order chi connectivity index (χ1) is 9.64. The van der Waals surface area contributed by atoms with E-state index in [4.69, 9.17) is 0 Å². The fourth-order valence-electron chi connectivity index (χ4n) is 3.83. The minimum atomic E-state index is 1.02. The van der Waals surface area contributed by atoms with E-state index in [0.29, 0.717) is 0 Å². The van der Waals surface area contributed by atoms with Crippen molar-refractivity contribution >= 4 is 0 Å². The summed E-state index contributed by atoms with van der Waals surface area (Å²) < 4.78 is 1.26. The Hall–Kier alpha value is -0.0400. The number of rotatable bonds is 11. The van der Waals surface area contributed by atoms with Crippen LogP contribution in [0.25, 0.3) is 0 Å². The van der Waals surface area contributed by atoms with Crippen LogP contribution < -0.4 is 0 Å². The smallest absolute Gasteiger partial charge is 0.0811 e. The van der Waals surface area contributed by atoms with E-state index in [0.717, 1.165) is 5.92 Å². The van der Waals surface area contributed by atoms with E-state index >= 15 is 0 Å². The van der Waals surface area contributed by atoms with Gasteiger partial charge in [-0.25, -0.2) is 0 Å². The number of quaternary nitrogens is 1. The van der Waals surface area contributed by atoms with Crippen LogP contribution in [0.3, 0.4) is 0 Å². The third-order valence-electron chi connectivity index (χ3n) is 5.09. The molecule has 1 aliphatic carbocycles. The van der Waals surface area contributed by atoms with Crippen molar-refractivity contribution in [2.24, 2.45) is 5.92 Å². The van der Waals surface area contributed by atoms with Gasteiger partial charge in [-0.3, -0.25) is 0 Å². The van der Waals surface area contributed by atoms with E-state index < -0.39 is 0 Å². The van der Waals surface area contributed by atoms with Crippen molar-refractivity contribution in [1.29, 1.82) is 0 Å². The van der Waals surface area contributed by atoms with Crippen LogP contribution in [0.4, 0.5) is 0 Å². The molecule has 0 aromatic heterocycles. The van der Waals surface area contributed by atoms with E-state index in [9.17, 15) is 0 Å². The van der Waals surface area contributed by atoms with Crippen LogP contribution in [0.15, 0.2) is 0 Å².